The molecular formula is C25H25FO6. The number of allylic oxidation sites excluding steroid dienone is 2. The first-order chi connectivity index (χ1) is 15.2. The highest BCUT2D eigenvalue weighted by molar-refractivity contribution is 5.97. The van der Waals surface area contributed by atoms with Crippen molar-refractivity contribution in [3.8, 4) is 11.5 Å². The van der Waals surface area contributed by atoms with Gasteiger partial charge in [-0.1, -0.05) is 25.1 Å². The van der Waals surface area contributed by atoms with Crippen LogP contribution >= 0.6 is 0 Å². The standard InChI is InChI=1S/C25H25FO6/c1-15-20(23(27)28)12-17(21-13-19(31-2)7-8-22(21)32-3)14-25(15,24(29)30)10-9-16-5-4-6-18(26)11-16/h4-8,11-15H,9-10H2,1-3H3,(H,27,28)(H,29,30). The second-order valence-corrected chi connectivity index (χ2v) is 7.77. The fourth-order valence-corrected chi connectivity index (χ4v) is 4.14. The monoisotopic (exact) mass is 440 g/mol. The van der Waals surface area contributed by atoms with Crippen molar-refractivity contribution in [2.24, 2.45) is 11.3 Å². The Hall–Kier alpha value is -3.61. The molecule has 0 bridgehead atoms. The summed E-state index contributed by atoms with van der Waals surface area (Å²) in [7, 11) is 2.98. The molecule has 2 atom stereocenters. The number of aliphatic carboxylic acids is 2. The number of rotatable bonds is 8. The average molecular weight is 440 g/mol. The first-order valence-electron chi connectivity index (χ1n) is 10.1. The zero-order chi connectivity index (χ0) is 23.5. The molecule has 0 aliphatic heterocycles. The van der Waals surface area contributed by atoms with E-state index in [2.05, 4.69) is 0 Å². The van der Waals surface area contributed by atoms with Gasteiger partial charge in [0.15, 0.2) is 0 Å². The molecule has 1 aliphatic carbocycles. The third-order valence-corrected chi connectivity index (χ3v) is 6.04. The fraction of sp³-hybridized carbons (Fsp3) is 0.280. The maximum atomic E-state index is 13.6. The first-order valence-corrected chi connectivity index (χ1v) is 10.1. The Bertz CT molecular complexity index is 1100. The summed E-state index contributed by atoms with van der Waals surface area (Å²) in [4.78, 5) is 24.7. The van der Waals surface area contributed by atoms with Crippen LogP contribution in [0.1, 0.15) is 24.5 Å². The number of aryl methyl sites for hydroxylation is 1. The van der Waals surface area contributed by atoms with Crippen LogP contribution in [0.25, 0.3) is 5.57 Å². The summed E-state index contributed by atoms with van der Waals surface area (Å²) in [6.45, 7) is 1.59. The van der Waals surface area contributed by atoms with Gasteiger partial charge >= 0.3 is 11.9 Å². The van der Waals surface area contributed by atoms with Gasteiger partial charge in [0.1, 0.15) is 17.3 Å². The molecule has 32 heavy (non-hydrogen) atoms. The van der Waals surface area contributed by atoms with Crippen LogP contribution < -0.4 is 9.47 Å². The fourth-order valence-electron chi connectivity index (χ4n) is 4.14. The van der Waals surface area contributed by atoms with E-state index in [1.54, 1.807) is 43.3 Å². The lowest BCUT2D eigenvalue weighted by atomic mass is 9.65. The Labute approximate surface area is 185 Å². The Balaban J connectivity index is 2.15. The molecule has 0 spiro atoms. The molecule has 2 unspecified atom stereocenters. The second kappa shape index (κ2) is 9.26. The second-order valence-electron chi connectivity index (χ2n) is 7.77. The van der Waals surface area contributed by atoms with Gasteiger partial charge in [-0.25, -0.2) is 9.18 Å². The summed E-state index contributed by atoms with van der Waals surface area (Å²) in [5, 5.41) is 20.1. The number of carboxylic acids is 2. The van der Waals surface area contributed by atoms with Crippen LogP contribution in [-0.4, -0.2) is 36.4 Å². The van der Waals surface area contributed by atoms with Crippen LogP contribution in [-0.2, 0) is 16.0 Å². The van der Waals surface area contributed by atoms with E-state index in [4.69, 9.17) is 9.47 Å². The van der Waals surface area contributed by atoms with Crippen molar-refractivity contribution >= 4 is 17.5 Å². The van der Waals surface area contributed by atoms with Crippen molar-refractivity contribution in [2.45, 2.75) is 19.8 Å². The molecule has 0 saturated heterocycles. The van der Waals surface area contributed by atoms with Gasteiger partial charge in [-0.2, -0.15) is 0 Å². The van der Waals surface area contributed by atoms with Crippen molar-refractivity contribution in [1.82, 2.24) is 0 Å². The summed E-state index contributed by atoms with van der Waals surface area (Å²) in [6, 6.07) is 11.0. The van der Waals surface area contributed by atoms with Crippen molar-refractivity contribution < 1.29 is 33.7 Å². The Morgan fingerprint density at radius 3 is 2.44 bits per heavy atom. The van der Waals surface area contributed by atoms with E-state index in [-0.39, 0.29) is 18.4 Å². The largest absolute Gasteiger partial charge is 0.497 e. The van der Waals surface area contributed by atoms with Crippen molar-refractivity contribution in [1.29, 1.82) is 0 Å². The van der Waals surface area contributed by atoms with Gasteiger partial charge in [-0.15, -0.1) is 0 Å². The van der Waals surface area contributed by atoms with Gasteiger partial charge in [-0.3, -0.25) is 4.79 Å². The Kier molecular flexibility index (Phi) is 6.67. The molecule has 2 aromatic carbocycles. The molecule has 7 heteroatoms. The highest BCUT2D eigenvalue weighted by atomic mass is 19.1. The zero-order valence-corrected chi connectivity index (χ0v) is 18.1. The number of ether oxygens (including phenoxy) is 2. The number of hydrogen-bond donors (Lipinski definition) is 2. The quantitative estimate of drug-likeness (QED) is 0.624. The van der Waals surface area contributed by atoms with Crippen molar-refractivity contribution in [3.05, 3.63) is 77.1 Å². The smallest absolute Gasteiger partial charge is 0.331 e. The predicted molar refractivity (Wildman–Crippen MR) is 117 cm³/mol. The van der Waals surface area contributed by atoms with E-state index in [0.717, 1.165) is 0 Å². The van der Waals surface area contributed by atoms with E-state index in [9.17, 15) is 24.2 Å². The van der Waals surface area contributed by atoms with E-state index in [1.807, 2.05) is 0 Å². The summed E-state index contributed by atoms with van der Waals surface area (Å²) in [5.41, 5.74) is 0.0389. The molecule has 0 radical (unpaired) electrons. The van der Waals surface area contributed by atoms with Gasteiger partial charge in [0, 0.05) is 17.1 Å². The Morgan fingerprint density at radius 1 is 1.09 bits per heavy atom. The van der Waals surface area contributed by atoms with Crippen molar-refractivity contribution in [2.75, 3.05) is 14.2 Å². The van der Waals surface area contributed by atoms with Crippen LogP contribution in [0.4, 0.5) is 4.39 Å². The molecule has 0 fully saturated rings. The number of halogens is 1. The minimum atomic E-state index is -1.52. The number of methoxy groups -OCH3 is 2. The first kappa shape index (κ1) is 23.1. The van der Waals surface area contributed by atoms with E-state index in [1.165, 1.54) is 32.4 Å². The van der Waals surface area contributed by atoms with Crippen LogP contribution in [0.2, 0.25) is 0 Å². The molecule has 0 saturated carbocycles. The molecule has 1 aliphatic rings. The highest BCUT2D eigenvalue weighted by Crippen LogP contribution is 2.47. The zero-order valence-electron chi connectivity index (χ0n) is 18.1. The van der Waals surface area contributed by atoms with Crippen molar-refractivity contribution in [3.63, 3.8) is 0 Å². The summed E-state index contributed by atoms with van der Waals surface area (Å²) in [5.74, 6) is -2.59. The van der Waals surface area contributed by atoms with Gasteiger partial charge in [0.2, 0.25) is 0 Å². The average Bonchev–Trinajstić information content (AvgIpc) is 2.77. The number of carboxylic acid groups (broad SMARTS) is 2. The lowest BCUT2D eigenvalue weighted by Gasteiger charge is -2.37. The summed E-state index contributed by atoms with van der Waals surface area (Å²) < 4.78 is 24.3. The Morgan fingerprint density at radius 2 is 1.84 bits per heavy atom. The topological polar surface area (TPSA) is 93.1 Å². The van der Waals surface area contributed by atoms with Gasteiger partial charge in [-0.05, 0) is 60.4 Å². The molecule has 0 heterocycles. The molecule has 168 valence electrons. The minimum Gasteiger partial charge on any atom is -0.497 e. The molecule has 0 aromatic heterocycles. The predicted octanol–water partition coefficient (Wildman–Crippen LogP) is 4.59. The highest BCUT2D eigenvalue weighted by Gasteiger charge is 2.47. The van der Waals surface area contributed by atoms with Gasteiger partial charge in [0.25, 0.3) is 0 Å². The van der Waals surface area contributed by atoms with Crippen LogP contribution in [0.3, 0.4) is 0 Å². The molecule has 2 N–H and O–H groups in total. The van der Waals surface area contributed by atoms with Crippen LogP contribution in [0.5, 0.6) is 11.5 Å². The number of carbonyl (C=O) groups is 2. The lowest BCUT2D eigenvalue weighted by molar-refractivity contribution is -0.148. The molecular weight excluding hydrogens is 415 g/mol. The summed E-state index contributed by atoms with van der Waals surface area (Å²) >= 11 is 0. The third kappa shape index (κ3) is 4.37. The van der Waals surface area contributed by atoms with Gasteiger partial charge in [0.05, 0.1) is 19.6 Å². The van der Waals surface area contributed by atoms with Crippen LogP contribution in [0, 0.1) is 17.2 Å². The number of hydrogen-bond acceptors (Lipinski definition) is 4. The minimum absolute atomic E-state index is 0.0194. The van der Waals surface area contributed by atoms with E-state index < -0.39 is 29.1 Å². The van der Waals surface area contributed by atoms with Gasteiger partial charge < -0.3 is 19.7 Å². The normalized spacial score (nSPS) is 20.2. The number of benzene rings is 2. The molecule has 2 aromatic rings. The molecule has 0 amide bonds. The van der Waals surface area contributed by atoms with E-state index >= 15 is 0 Å². The molecule has 6 nitrogen and oxygen atoms in total. The SMILES string of the molecule is COc1ccc(OC)c(C2=CC(CCc3cccc(F)c3)(C(=O)O)C(C)C(C(=O)O)=C2)c1. The lowest BCUT2D eigenvalue weighted by Crippen LogP contribution is -2.40. The van der Waals surface area contributed by atoms with E-state index in [0.29, 0.717) is 28.2 Å². The molecule has 3 rings (SSSR count). The maximum Gasteiger partial charge on any atom is 0.331 e. The third-order valence-electron chi connectivity index (χ3n) is 6.04. The van der Waals surface area contributed by atoms with Crippen LogP contribution in [0.15, 0.2) is 60.2 Å². The maximum absolute atomic E-state index is 13.6. The summed E-state index contributed by atoms with van der Waals surface area (Å²) in [6.07, 6.45) is 3.42.